The van der Waals surface area contributed by atoms with Crippen LogP contribution in [-0.2, 0) is 0 Å². The van der Waals surface area contributed by atoms with E-state index in [9.17, 15) is 4.79 Å². The lowest BCUT2D eigenvalue weighted by Crippen LogP contribution is -2.26. The lowest BCUT2D eigenvalue weighted by Gasteiger charge is -2.02. The summed E-state index contributed by atoms with van der Waals surface area (Å²) in [6.45, 7) is 1.70. The molecule has 0 saturated heterocycles. The van der Waals surface area contributed by atoms with Crippen LogP contribution in [0.5, 0.6) is 0 Å². The van der Waals surface area contributed by atoms with Crippen LogP contribution >= 0.6 is 22.6 Å². The minimum Gasteiger partial charge on any atom is -0.360 e. The van der Waals surface area contributed by atoms with Gasteiger partial charge in [0.1, 0.15) is 0 Å². The molecule has 0 aliphatic rings. The third kappa shape index (κ3) is 1.91. The highest BCUT2D eigenvalue weighted by Gasteiger charge is 2.15. The summed E-state index contributed by atoms with van der Waals surface area (Å²) in [4.78, 5) is 14.9. The number of hydrogen-bond donors (Lipinski definition) is 2. The first kappa shape index (κ1) is 10.6. The van der Waals surface area contributed by atoms with Gasteiger partial charge in [0.25, 0.3) is 0 Å². The van der Waals surface area contributed by atoms with Crippen molar-refractivity contribution in [2.45, 2.75) is 13.0 Å². The lowest BCUT2D eigenvalue weighted by atomic mass is 10.1. The number of halogens is 1. The van der Waals surface area contributed by atoms with Gasteiger partial charge in [0.2, 0.25) is 0 Å². The monoisotopic (exact) mass is 314 g/mol. The van der Waals surface area contributed by atoms with Crippen LogP contribution in [0.1, 0.15) is 17.3 Å². The number of rotatable bonds is 2. The highest BCUT2D eigenvalue weighted by Crippen LogP contribution is 2.21. The first-order chi connectivity index (χ1) is 7.09. The van der Waals surface area contributed by atoms with Crippen molar-refractivity contribution in [3.8, 4) is 0 Å². The van der Waals surface area contributed by atoms with Crippen LogP contribution in [0.15, 0.2) is 24.4 Å². The van der Waals surface area contributed by atoms with Crippen molar-refractivity contribution in [3.05, 3.63) is 33.5 Å². The summed E-state index contributed by atoms with van der Waals surface area (Å²) in [7, 11) is 0. The zero-order valence-corrected chi connectivity index (χ0v) is 10.4. The van der Waals surface area contributed by atoms with Gasteiger partial charge in [-0.2, -0.15) is 0 Å². The van der Waals surface area contributed by atoms with Crippen LogP contribution in [0.4, 0.5) is 0 Å². The van der Waals surface area contributed by atoms with Gasteiger partial charge < -0.3 is 10.7 Å². The quantitative estimate of drug-likeness (QED) is 0.660. The van der Waals surface area contributed by atoms with Gasteiger partial charge in [-0.05, 0) is 47.7 Å². The molecule has 3 nitrogen and oxygen atoms in total. The minimum absolute atomic E-state index is 0.0248. The van der Waals surface area contributed by atoms with Gasteiger partial charge in [0, 0.05) is 26.2 Å². The molecule has 2 aromatic rings. The Balaban J connectivity index is 2.62. The molecule has 0 saturated carbocycles. The molecule has 1 aromatic heterocycles. The molecule has 3 N–H and O–H groups in total. The molecule has 0 fully saturated rings. The molecule has 1 aromatic carbocycles. The average Bonchev–Trinajstić information content (AvgIpc) is 2.59. The first-order valence-electron chi connectivity index (χ1n) is 4.66. The molecule has 1 atom stereocenters. The van der Waals surface area contributed by atoms with Gasteiger partial charge in [-0.15, -0.1) is 0 Å². The number of aromatic nitrogens is 1. The molecule has 0 aliphatic heterocycles. The topological polar surface area (TPSA) is 58.9 Å². The number of hydrogen-bond acceptors (Lipinski definition) is 2. The molecular weight excluding hydrogens is 303 g/mol. The summed E-state index contributed by atoms with van der Waals surface area (Å²) in [6, 6.07) is 5.50. The van der Waals surface area contributed by atoms with Gasteiger partial charge in [-0.1, -0.05) is 0 Å². The lowest BCUT2D eigenvalue weighted by molar-refractivity contribution is 0.0969. The number of nitrogens with two attached hydrogens (primary N) is 1. The summed E-state index contributed by atoms with van der Waals surface area (Å²) in [5, 5.41) is 0.948. The predicted octanol–water partition coefficient (Wildman–Crippen LogP) is 2.30. The maximum atomic E-state index is 11.8. The normalized spacial score (nSPS) is 13.0. The van der Waals surface area contributed by atoms with E-state index >= 15 is 0 Å². The third-order valence-electron chi connectivity index (χ3n) is 2.32. The van der Waals surface area contributed by atoms with E-state index in [0.717, 1.165) is 14.5 Å². The maximum Gasteiger partial charge on any atom is 0.181 e. The van der Waals surface area contributed by atoms with Crippen LogP contribution in [-0.4, -0.2) is 16.8 Å². The Kier molecular flexibility index (Phi) is 2.79. The fraction of sp³-hybridized carbons (Fsp3) is 0.182. The Bertz CT molecular complexity index is 516. The molecule has 0 aliphatic carbocycles. The summed E-state index contributed by atoms with van der Waals surface area (Å²) >= 11 is 2.23. The van der Waals surface area contributed by atoms with Crippen molar-refractivity contribution in [2.75, 3.05) is 0 Å². The van der Waals surface area contributed by atoms with E-state index in [0.29, 0.717) is 5.56 Å². The Labute approximate surface area is 101 Å². The van der Waals surface area contributed by atoms with Gasteiger partial charge in [-0.3, -0.25) is 4.79 Å². The molecule has 78 valence electrons. The number of benzene rings is 1. The van der Waals surface area contributed by atoms with E-state index in [1.54, 1.807) is 13.1 Å². The second-order valence-corrected chi connectivity index (χ2v) is 4.79. The predicted molar refractivity (Wildman–Crippen MR) is 69.0 cm³/mol. The summed E-state index contributed by atoms with van der Waals surface area (Å²) in [6.07, 6.45) is 1.73. The Morgan fingerprint density at radius 1 is 1.53 bits per heavy atom. The van der Waals surface area contributed by atoms with E-state index in [-0.39, 0.29) is 5.78 Å². The van der Waals surface area contributed by atoms with Crippen molar-refractivity contribution in [1.29, 1.82) is 0 Å². The molecule has 15 heavy (non-hydrogen) atoms. The standard InChI is InChI=1S/C11H11IN2O/c1-6(13)11(15)9-5-14-10-3-2-7(12)4-8(9)10/h2-6,14H,13H2,1H3. The van der Waals surface area contributed by atoms with Crippen molar-refractivity contribution in [1.82, 2.24) is 4.98 Å². The number of fused-ring (bicyclic) bond motifs is 1. The zero-order chi connectivity index (χ0) is 11.0. The molecule has 1 heterocycles. The van der Waals surface area contributed by atoms with Crippen LogP contribution in [0.25, 0.3) is 10.9 Å². The van der Waals surface area contributed by atoms with Crippen molar-refractivity contribution < 1.29 is 4.79 Å². The number of carbonyl (C=O) groups excluding carboxylic acids is 1. The van der Waals surface area contributed by atoms with Crippen LogP contribution in [0, 0.1) is 3.57 Å². The van der Waals surface area contributed by atoms with Crippen LogP contribution in [0.3, 0.4) is 0 Å². The van der Waals surface area contributed by atoms with Crippen molar-refractivity contribution in [2.24, 2.45) is 5.73 Å². The van der Waals surface area contributed by atoms with E-state index < -0.39 is 6.04 Å². The van der Waals surface area contributed by atoms with Crippen LogP contribution < -0.4 is 5.73 Å². The molecular formula is C11H11IN2O. The number of carbonyl (C=O) groups is 1. The molecule has 0 amide bonds. The Hall–Kier alpha value is -0.880. The van der Waals surface area contributed by atoms with Gasteiger partial charge in [0.05, 0.1) is 6.04 Å². The van der Waals surface area contributed by atoms with E-state index in [2.05, 4.69) is 27.6 Å². The number of Topliss-reactive ketones (excluding diaryl/α,β-unsaturated/α-hetero) is 1. The molecule has 0 spiro atoms. The van der Waals surface area contributed by atoms with Gasteiger partial charge >= 0.3 is 0 Å². The zero-order valence-electron chi connectivity index (χ0n) is 8.25. The summed E-state index contributed by atoms with van der Waals surface area (Å²) < 4.78 is 1.11. The Morgan fingerprint density at radius 3 is 2.93 bits per heavy atom. The van der Waals surface area contributed by atoms with Crippen molar-refractivity contribution >= 4 is 39.3 Å². The number of H-pyrrole nitrogens is 1. The summed E-state index contributed by atoms with van der Waals surface area (Å²) in [5.74, 6) is -0.0248. The second-order valence-electron chi connectivity index (χ2n) is 3.55. The highest BCUT2D eigenvalue weighted by molar-refractivity contribution is 14.1. The molecule has 2 rings (SSSR count). The number of aromatic amines is 1. The highest BCUT2D eigenvalue weighted by atomic mass is 127. The van der Waals surface area contributed by atoms with E-state index in [1.165, 1.54) is 0 Å². The fourth-order valence-corrected chi connectivity index (χ4v) is 2.03. The van der Waals surface area contributed by atoms with Gasteiger partial charge in [-0.25, -0.2) is 0 Å². The largest absolute Gasteiger partial charge is 0.360 e. The molecule has 4 heteroatoms. The summed E-state index contributed by atoms with van der Waals surface area (Å²) in [5.41, 5.74) is 7.24. The van der Waals surface area contributed by atoms with Gasteiger partial charge in [0.15, 0.2) is 5.78 Å². The second kappa shape index (κ2) is 3.94. The van der Waals surface area contributed by atoms with Crippen molar-refractivity contribution in [3.63, 3.8) is 0 Å². The first-order valence-corrected chi connectivity index (χ1v) is 5.74. The van der Waals surface area contributed by atoms with E-state index in [1.807, 2.05) is 18.2 Å². The fourth-order valence-electron chi connectivity index (χ4n) is 1.54. The van der Waals surface area contributed by atoms with E-state index in [4.69, 9.17) is 5.73 Å². The average molecular weight is 314 g/mol. The number of nitrogens with one attached hydrogen (secondary N) is 1. The maximum absolute atomic E-state index is 11.8. The smallest absolute Gasteiger partial charge is 0.181 e. The number of ketones is 1. The third-order valence-corrected chi connectivity index (χ3v) is 2.99. The molecule has 0 radical (unpaired) electrons. The molecule has 1 unspecified atom stereocenters. The van der Waals surface area contributed by atoms with Crippen LogP contribution in [0.2, 0.25) is 0 Å². The Morgan fingerprint density at radius 2 is 2.27 bits per heavy atom. The molecule has 0 bridgehead atoms. The minimum atomic E-state index is -0.457. The SMILES string of the molecule is CC(N)C(=O)c1c[nH]c2ccc(I)cc12.